The molecule has 1 saturated heterocycles. The number of hydrogen-bond acceptors (Lipinski definition) is 5. The van der Waals surface area contributed by atoms with Crippen molar-refractivity contribution in [3.05, 3.63) is 53.4 Å². The Morgan fingerprint density at radius 1 is 1.20 bits per heavy atom. The van der Waals surface area contributed by atoms with Crippen molar-refractivity contribution < 1.29 is 14.3 Å². The number of anilines is 1. The molecule has 3 aliphatic heterocycles. The molecule has 4 bridgehead atoms. The minimum Gasteiger partial charge on any atom is -0.447 e. The molecule has 2 amide bonds. The number of aryl methyl sites for hydroxylation is 1. The minimum atomic E-state index is -0.414. The molecule has 3 aromatic rings. The Balaban J connectivity index is 1.66. The van der Waals surface area contributed by atoms with Crippen molar-refractivity contribution in [2.75, 3.05) is 18.1 Å². The number of allylic oxidation sites excluding steroid dienone is 1. The number of nitrogens with zero attached hydrogens (tertiary/aromatic N) is 3. The van der Waals surface area contributed by atoms with Crippen LogP contribution in [0.3, 0.4) is 0 Å². The van der Waals surface area contributed by atoms with Gasteiger partial charge in [-0.15, -0.1) is 0 Å². The van der Waals surface area contributed by atoms with Crippen LogP contribution >= 0.6 is 0 Å². The second kappa shape index (κ2) is 6.16. The second-order valence-electron chi connectivity index (χ2n) is 7.90. The molecular formula is C22H19N5O3. The number of ether oxygens (including phenoxy) is 1. The lowest BCUT2D eigenvalue weighted by atomic mass is 9.94. The third kappa shape index (κ3) is 2.39. The summed E-state index contributed by atoms with van der Waals surface area (Å²) in [4.78, 5) is 39.6. The largest absolute Gasteiger partial charge is 0.447 e. The average molecular weight is 401 g/mol. The van der Waals surface area contributed by atoms with Crippen LogP contribution in [-0.2, 0) is 4.74 Å². The Hall–Kier alpha value is -3.68. The van der Waals surface area contributed by atoms with Gasteiger partial charge in [0.15, 0.2) is 5.82 Å². The maximum atomic E-state index is 12.5. The first-order valence-electron chi connectivity index (χ1n) is 10.0. The highest BCUT2D eigenvalue weighted by molar-refractivity contribution is 6.00. The molecule has 2 N–H and O–H groups in total. The predicted molar refractivity (Wildman–Crippen MR) is 111 cm³/mol. The molecule has 0 unspecified atom stereocenters. The molecule has 0 spiro atoms. The number of hydrogen-bond donors (Lipinski definition) is 2. The molecule has 150 valence electrons. The fraction of sp³-hybridized carbons (Fsp3) is 0.273. The lowest BCUT2D eigenvalue weighted by Gasteiger charge is -2.22. The Morgan fingerprint density at radius 2 is 2.10 bits per heavy atom. The SMILES string of the molecule is Cc1nc2cccc3c2nc1N1C(=O)OC[C@H]1/C=C/C[C@H]1CNC(=O)c2cc-3[nH]c21. The van der Waals surface area contributed by atoms with Gasteiger partial charge in [-0.25, -0.2) is 19.7 Å². The van der Waals surface area contributed by atoms with Gasteiger partial charge in [0.05, 0.1) is 22.8 Å². The summed E-state index contributed by atoms with van der Waals surface area (Å²) in [6.07, 6.45) is 4.36. The average Bonchev–Trinajstić information content (AvgIpc) is 3.33. The molecule has 6 rings (SSSR count). The molecule has 0 saturated carbocycles. The molecule has 8 heteroatoms. The van der Waals surface area contributed by atoms with Crippen LogP contribution in [0.4, 0.5) is 10.6 Å². The van der Waals surface area contributed by atoms with Gasteiger partial charge in [0.2, 0.25) is 0 Å². The molecule has 1 fully saturated rings. The van der Waals surface area contributed by atoms with Crippen LogP contribution in [0, 0.1) is 6.92 Å². The van der Waals surface area contributed by atoms with Crippen LogP contribution in [0.1, 0.15) is 34.1 Å². The number of H-pyrrole nitrogens is 1. The van der Waals surface area contributed by atoms with Gasteiger partial charge in [0.25, 0.3) is 5.91 Å². The van der Waals surface area contributed by atoms with Crippen LogP contribution < -0.4 is 10.2 Å². The minimum absolute atomic E-state index is 0.0661. The van der Waals surface area contributed by atoms with Gasteiger partial charge in [-0.1, -0.05) is 24.3 Å². The van der Waals surface area contributed by atoms with Gasteiger partial charge >= 0.3 is 6.09 Å². The van der Waals surface area contributed by atoms with Crippen molar-refractivity contribution in [2.45, 2.75) is 25.3 Å². The van der Waals surface area contributed by atoms with E-state index in [4.69, 9.17) is 14.7 Å². The van der Waals surface area contributed by atoms with Gasteiger partial charge in [-0.3, -0.25) is 4.79 Å². The van der Waals surface area contributed by atoms with Crippen LogP contribution in [0.5, 0.6) is 0 Å². The first-order chi connectivity index (χ1) is 14.6. The topological polar surface area (TPSA) is 100 Å². The van der Waals surface area contributed by atoms with Gasteiger partial charge in [-0.05, 0) is 25.5 Å². The summed E-state index contributed by atoms with van der Waals surface area (Å²) in [6, 6.07) is 7.42. The summed E-state index contributed by atoms with van der Waals surface area (Å²) in [5.74, 6) is 0.563. The summed E-state index contributed by atoms with van der Waals surface area (Å²) in [5.41, 5.74) is 5.35. The van der Waals surface area contributed by atoms with Crippen molar-refractivity contribution in [3.63, 3.8) is 0 Å². The van der Waals surface area contributed by atoms with E-state index in [1.807, 2.05) is 37.3 Å². The van der Waals surface area contributed by atoms with E-state index in [1.54, 1.807) is 4.90 Å². The number of fused-ring (bicyclic) bond motifs is 5. The van der Waals surface area contributed by atoms with E-state index in [9.17, 15) is 9.59 Å². The highest BCUT2D eigenvalue weighted by Crippen LogP contribution is 2.35. The third-order valence-electron chi connectivity index (χ3n) is 6.06. The normalized spacial score (nSPS) is 23.3. The fourth-order valence-corrected chi connectivity index (χ4v) is 4.56. The maximum Gasteiger partial charge on any atom is 0.416 e. The van der Waals surface area contributed by atoms with Crippen LogP contribution in [0.15, 0.2) is 36.4 Å². The zero-order valence-electron chi connectivity index (χ0n) is 16.3. The zero-order chi connectivity index (χ0) is 20.4. The smallest absolute Gasteiger partial charge is 0.416 e. The van der Waals surface area contributed by atoms with E-state index >= 15 is 0 Å². The molecule has 1 aromatic carbocycles. The summed E-state index contributed by atoms with van der Waals surface area (Å²) >= 11 is 0. The number of nitrogens with one attached hydrogen (secondary N) is 2. The summed E-state index contributed by atoms with van der Waals surface area (Å²) in [5, 5.41) is 2.98. The molecule has 3 aliphatic rings. The first-order valence-corrected chi connectivity index (χ1v) is 10.0. The van der Waals surface area contributed by atoms with Crippen molar-refractivity contribution in [1.82, 2.24) is 20.3 Å². The van der Waals surface area contributed by atoms with E-state index in [0.29, 0.717) is 29.1 Å². The number of benzene rings is 1. The number of para-hydroxylation sites is 1. The molecule has 8 nitrogen and oxygen atoms in total. The quantitative estimate of drug-likeness (QED) is 0.564. The predicted octanol–water partition coefficient (Wildman–Crippen LogP) is 3.05. The van der Waals surface area contributed by atoms with Gasteiger partial charge in [0.1, 0.15) is 12.1 Å². The number of cyclic esters (lactones) is 1. The van der Waals surface area contributed by atoms with Gasteiger partial charge in [-0.2, -0.15) is 0 Å². The summed E-state index contributed by atoms with van der Waals surface area (Å²) in [6.45, 7) is 2.69. The van der Waals surface area contributed by atoms with E-state index in [0.717, 1.165) is 28.9 Å². The van der Waals surface area contributed by atoms with Gasteiger partial charge in [0, 0.05) is 29.4 Å². The number of aromatic nitrogens is 3. The number of amides is 2. The lowest BCUT2D eigenvalue weighted by molar-refractivity contribution is 0.0940. The molecule has 30 heavy (non-hydrogen) atoms. The monoisotopic (exact) mass is 401 g/mol. The third-order valence-corrected chi connectivity index (χ3v) is 6.06. The summed E-state index contributed by atoms with van der Waals surface area (Å²) < 4.78 is 5.33. The van der Waals surface area contributed by atoms with Crippen LogP contribution in [0.25, 0.3) is 22.3 Å². The van der Waals surface area contributed by atoms with E-state index in [2.05, 4.69) is 16.4 Å². The van der Waals surface area contributed by atoms with Crippen molar-refractivity contribution in [3.8, 4) is 11.3 Å². The Labute approximate surface area is 172 Å². The standard InChI is InChI=1S/C22H19N5O3/c1-11-20-26-19-14(6-3-7-16(19)24-11)17-8-15-18(25-17)12(9-23-21(15)28)4-2-5-13-10-30-22(29)27(13)20/h2-3,5-8,12-13,25H,4,9-10H2,1H3,(H,23,28)/b5-2+/t12-,13+/m0/s1. The fourth-order valence-electron chi connectivity index (χ4n) is 4.56. The van der Waals surface area contributed by atoms with Crippen molar-refractivity contribution >= 4 is 28.9 Å². The molecule has 5 heterocycles. The van der Waals surface area contributed by atoms with Crippen LogP contribution in [-0.4, -0.2) is 46.1 Å². The van der Waals surface area contributed by atoms with Crippen molar-refractivity contribution in [2.24, 2.45) is 0 Å². The van der Waals surface area contributed by atoms with Crippen LogP contribution in [0.2, 0.25) is 0 Å². The molecule has 0 aliphatic carbocycles. The lowest BCUT2D eigenvalue weighted by Crippen LogP contribution is -2.35. The van der Waals surface area contributed by atoms with Gasteiger partial charge < -0.3 is 15.0 Å². The Morgan fingerprint density at radius 3 is 3.00 bits per heavy atom. The van der Waals surface area contributed by atoms with E-state index < -0.39 is 6.09 Å². The second-order valence-corrected chi connectivity index (χ2v) is 7.90. The molecule has 2 aromatic heterocycles. The molecular weight excluding hydrogens is 382 g/mol. The number of carbonyl (C=O) groups excluding carboxylic acids is 2. The molecule has 2 atom stereocenters. The van der Waals surface area contributed by atoms with E-state index in [-0.39, 0.29) is 24.5 Å². The Bertz CT molecular complexity index is 1260. The highest BCUT2D eigenvalue weighted by atomic mass is 16.6. The Kier molecular flexibility index (Phi) is 3.53. The first kappa shape index (κ1) is 17.2. The zero-order valence-corrected chi connectivity index (χ0v) is 16.3. The number of aromatic amines is 1. The van der Waals surface area contributed by atoms with E-state index in [1.165, 1.54) is 0 Å². The number of rotatable bonds is 0. The number of carbonyl (C=O) groups is 2. The highest BCUT2D eigenvalue weighted by Gasteiger charge is 2.36. The maximum absolute atomic E-state index is 12.5. The van der Waals surface area contributed by atoms with Crippen molar-refractivity contribution in [1.29, 1.82) is 0 Å². The molecule has 0 radical (unpaired) electrons. The summed E-state index contributed by atoms with van der Waals surface area (Å²) in [7, 11) is 0.